The summed E-state index contributed by atoms with van der Waals surface area (Å²) in [5.74, 6) is 3.43. The van der Waals surface area contributed by atoms with Crippen LogP contribution in [0.15, 0.2) is 30.3 Å². The van der Waals surface area contributed by atoms with Crippen LogP contribution in [0.4, 0.5) is 5.69 Å². The van der Waals surface area contributed by atoms with Gasteiger partial charge in [-0.2, -0.15) is 11.8 Å². The maximum Gasteiger partial charge on any atom is 0.482 e. The van der Waals surface area contributed by atoms with Gasteiger partial charge in [-0.1, -0.05) is 18.2 Å². The molecule has 5 heteroatoms. The average molecular weight is 372 g/mol. The van der Waals surface area contributed by atoms with E-state index in [1.807, 2.05) is 0 Å². The van der Waals surface area contributed by atoms with Gasteiger partial charge in [-0.15, -0.1) is 0 Å². The standard InChI is InChI=1S/C21H31BNO2S/c1-19(2)20(3,4)25-22(24-19)21-14-23(15-21,17-8-6-5-7-9-17)18(21)16-10-12-26-13-11-16/h5-9,16,18H,10-15H2,1-4H3/q+1. The maximum absolute atomic E-state index is 6.57. The Kier molecular flexibility index (Phi) is 3.74. The van der Waals surface area contributed by atoms with Crippen molar-refractivity contribution in [2.24, 2.45) is 5.92 Å². The summed E-state index contributed by atoms with van der Waals surface area (Å²) in [6.07, 6.45) is 2.70. The third kappa shape index (κ3) is 2.15. The van der Waals surface area contributed by atoms with Crippen molar-refractivity contribution in [3.8, 4) is 0 Å². The molecule has 1 aromatic carbocycles. The number of hydrogen-bond donors (Lipinski definition) is 0. The largest absolute Gasteiger partial charge is 0.482 e. The highest BCUT2D eigenvalue weighted by atomic mass is 32.2. The van der Waals surface area contributed by atoms with Crippen LogP contribution in [0.5, 0.6) is 0 Å². The first kappa shape index (κ1) is 17.6. The maximum atomic E-state index is 6.57. The quantitative estimate of drug-likeness (QED) is 0.580. The van der Waals surface area contributed by atoms with E-state index in [2.05, 4.69) is 69.8 Å². The van der Waals surface area contributed by atoms with E-state index in [0.29, 0.717) is 6.04 Å². The van der Waals surface area contributed by atoms with E-state index in [1.165, 1.54) is 47.6 Å². The summed E-state index contributed by atoms with van der Waals surface area (Å²) in [4.78, 5) is 0. The van der Waals surface area contributed by atoms with Gasteiger partial charge in [-0.05, 0) is 64.2 Å². The van der Waals surface area contributed by atoms with Crippen LogP contribution in [0.25, 0.3) is 0 Å². The number of rotatable bonds is 3. The average Bonchev–Trinajstić information content (AvgIpc) is 2.75. The number of thioether (sulfide) groups is 1. The van der Waals surface area contributed by atoms with Crippen LogP contribution in [0.2, 0.25) is 5.31 Å². The van der Waals surface area contributed by atoms with E-state index < -0.39 is 0 Å². The zero-order valence-corrected chi connectivity index (χ0v) is 17.3. The molecule has 5 saturated heterocycles. The Morgan fingerprint density at radius 2 is 1.54 bits per heavy atom. The minimum Gasteiger partial charge on any atom is -0.402 e. The predicted molar refractivity (Wildman–Crippen MR) is 111 cm³/mol. The van der Waals surface area contributed by atoms with Gasteiger partial charge < -0.3 is 9.31 Å². The summed E-state index contributed by atoms with van der Waals surface area (Å²) in [6.45, 7) is 11.1. The molecular weight excluding hydrogens is 341 g/mol. The minimum atomic E-state index is -0.229. The van der Waals surface area contributed by atoms with Crippen molar-refractivity contribution in [2.75, 3.05) is 24.6 Å². The molecule has 5 heterocycles. The number of nitrogens with zero attached hydrogens (tertiary/aromatic N) is 1. The zero-order valence-electron chi connectivity index (χ0n) is 16.5. The molecule has 26 heavy (non-hydrogen) atoms. The van der Waals surface area contributed by atoms with E-state index in [9.17, 15) is 0 Å². The summed E-state index contributed by atoms with van der Waals surface area (Å²) < 4.78 is 14.3. The molecule has 0 amide bonds. The molecule has 5 aliphatic heterocycles. The highest BCUT2D eigenvalue weighted by Gasteiger charge is 2.87. The van der Waals surface area contributed by atoms with Crippen molar-refractivity contribution >= 4 is 24.6 Å². The molecule has 6 rings (SSSR count). The van der Waals surface area contributed by atoms with Gasteiger partial charge in [0.2, 0.25) is 0 Å². The molecule has 2 bridgehead atoms. The molecule has 0 spiro atoms. The van der Waals surface area contributed by atoms with Crippen molar-refractivity contribution in [3.63, 3.8) is 0 Å². The second kappa shape index (κ2) is 5.53. The lowest BCUT2D eigenvalue weighted by Gasteiger charge is -2.76. The predicted octanol–water partition coefficient (Wildman–Crippen LogP) is 4.37. The van der Waals surface area contributed by atoms with Gasteiger partial charge in [0.15, 0.2) is 5.31 Å². The van der Waals surface area contributed by atoms with Crippen molar-refractivity contribution in [1.82, 2.24) is 4.48 Å². The van der Waals surface area contributed by atoms with Crippen LogP contribution >= 0.6 is 11.8 Å². The fourth-order valence-corrected chi connectivity index (χ4v) is 7.14. The Hall–Kier alpha value is -0.485. The van der Waals surface area contributed by atoms with E-state index >= 15 is 0 Å². The second-order valence-corrected chi connectivity index (χ2v) is 11.1. The van der Waals surface area contributed by atoms with Gasteiger partial charge in [-0.3, -0.25) is 4.48 Å². The number of hydrogen-bond acceptors (Lipinski definition) is 3. The minimum absolute atomic E-state index is 0.0456. The Morgan fingerprint density at radius 1 is 0.962 bits per heavy atom. The van der Waals surface area contributed by atoms with Crippen LogP contribution in [-0.4, -0.2) is 49.0 Å². The molecule has 1 unspecified atom stereocenters. The van der Waals surface area contributed by atoms with Crippen LogP contribution in [-0.2, 0) is 9.31 Å². The Bertz CT molecular complexity index is 679. The summed E-state index contributed by atoms with van der Waals surface area (Å²) in [6, 6.07) is 11.9. The second-order valence-electron chi connectivity index (χ2n) is 9.90. The molecule has 0 aromatic heterocycles. The molecule has 0 N–H and O–H groups in total. The normalized spacial score (nSPS) is 40.8. The fourth-order valence-electron chi connectivity index (χ4n) is 5.99. The van der Waals surface area contributed by atoms with Crippen LogP contribution in [0.3, 0.4) is 0 Å². The SMILES string of the molecule is CC1(C)OB(C23C[N+](c4ccccc4)(C2)C3C2CCSCC2)OC1(C)C. The summed E-state index contributed by atoms with van der Waals surface area (Å²) in [5, 5.41) is 0.216. The first-order chi connectivity index (χ1) is 12.3. The monoisotopic (exact) mass is 372 g/mol. The van der Waals surface area contributed by atoms with Gasteiger partial charge >= 0.3 is 7.12 Å². The third-order valence-electron chi connectivity index (χ3n) is 7.98. The molecule has 3 nitrogen and oxygen atoms in total. The first-order valence-electron chi connectivity index (χ1n) is 10.2. The molecule has 0 radical (unpaired) electrons. The lowest BCUT2D eigenvalue weighted by Crippen LogP contribution is -2.94. The molecule has 5 aliphatic rings. The molecule has 0 aliphatic carbocycles. The van der Waals surface area contributed by atoms with Crippen molar-refractivity contribution < 1.29 is 9.31 Å². The summed E-state index contributed by atoms with van der Waals surface area (Å²) >= 11 is 2.12. The Balaban J connectivity index is 1.47. The zero-order chi connectivity index (χ0) is 18.2. The Labute approximate surface area is 162 Å². The van der Waals surface area contributed by atoms with Crippen LogP contribution < -0.4 is 4.48 Å². The Morgan fingerprint density at radius 3 is 2.12 bits per heavy atom. The van der Waals surface area contributed by atoms with Gasteiger partial charge in [0.1, 0.15) is 11.7 Å². The van der Waals surface area contributed by atoms with Gasteiger partial charge in [-0.25, -0.2) is 0 Å². The smallest absolute Gasteiger partial charge is 0.402 e. The van der Waals surface area contributed by atoms with Crippen molar-refractivity contribution in [1.29, 1.82) is 0 Å². The van der Waals surface area contributed by atoms with Crippen molar-refractivity contribution in [2.45, 2.75) is 63.1 Å². The lowest BCUT2D eigenvalue weighted by atomic mass is 9.37. The molecule has 5 fully saturated rings. The van der Waals surface area contributed by atoms with Gasteiger partial charge in [0.05, 0.1) is 24.3 Å². The summed E-state index contributed by atoms with van der Waals surface area (Å²) in [7, 11) is -0.0456. The third-order valence-corrected chi connectivity index (χ3v) is 9.03. The topological polar surface area (TPSA) is 18.5 Å². The molecule has 0 saturated carbocycles. The first-order valence-corrected chi connectivity index (χ1v) is 11.3. The van der Waals surface area contributed by atoms with Crippen LogP contribution in [0, 0.1) is 5.92 Å². The lowest BCUT2D eigenvalue weighted by molar-refractivity contribution is -0.142. The highest BCUT2D eigenvalue weighted by Crippen LogP contribution is 2.71. The molecular formula is C21H31BNO2S+. The summed E-state index contributed by atoms with van der Waals surface area (Å²) in [5.41, 5.74) is 1.04. The molecule has 1 atom stereocenters. The van der Waals surface area contributed by atoms with E-state index in [1.54, 1.807) is 0 Å². The van der Waals surface area contributed by atoms with E-state index in [0.717, 1.165) is 5.92 Å². The van der Waals surface area contributed by atoms with Gasteiger partial charge in [0.25, 0.3) is 0 Å². The van der Waals surface area contributed by atoms with Crippen LogP contribution in [0.1, 0.15) is 40.5 Å². The van der Waals surface area contributed by atoms with Gasteiger partial charge in [0, 0.05) is 5.92 Å². The number of quaternary nitrogens is 1. The van der Waals surface area contributed by atoms with E-state index in [-0.39, 0.29) is 23.6 Å². The molecule has 1 aromatic rings. The van der Waals surface area contributed by atoms with Crippen molar-refractivity contribution in [3.05, 3.63) is 30.3 Å². The molecule has 140 valence electrons. The number of para-hydroxylation sites is 1. The highest BCUT2D eigenvalue weighted by molar-refractivity contribution is 7.99. The number of benzene rings is 1. The van der Waals surface area contributed by atoms with E-state index in [4.69, 9.17) is 9.31 Å². The fraction of sp³-hybridized carbons (Fsp3) is 0.714.